The van der Waals surface area contributed by atoms with E-state index in [0.29, 0.717) is 5.82 Å². The number of nitrogens with one attached hydrogen (secondary N) is 2. The Morgan fingerprint density at radius 3 is 2.29 bits per heavy atom. The molecule has 5 rings (SSSR count). The summed E-state index contributed by atoms with van der Waals surface area (Å²) in [5.41, 5.74) is 4.32. The van der Waals surface area contributed by atoms with E-state index in [-0.39, 0.29) is 18.6 Å². The van der Waals surface area contributed by atoms with Crippen LogP contribution in [0.5, 0.6) is 0 Å². The second-order valence-electron chi connectivity index (χ2n) is 8.86. The minimum atomic E-state index is -1.30. The molecule has 2 aliphatic rings. The summed E-state index contributed by atoms with van der Waals surface area (Å²) in [5, 5.41) is 18.7. The summed E-state index contributed by atoms with van der Waals surface area (Å²) in [6.07, 6.45) is 3.21. The number of amides is 2. The maximum absolute atomic E-state index is 12.9. The number of carboxylic acids is 1. The van der Waals surface area contributed by atoms with E-state index in [4.69, 9.17) is 4.74 Å². The normalized spacial score (nSPS) is 15.4. The predicted octanol–water partition coefficient (Wildman–Crippen LogP) is 3.93. The lowest BCUT2D eigenvalue weighted by Crippen LogP contribution is -2.45. The molecule has 1 aromatic heterocycles. The SMILES string of the molecule is O=C(O)CC(NC(=O)OCC1c2ccccc2-c2ccccc21)C(=O)Nc1ccnn1C1CCC1. The molecule has 2 amide bonds. The number of fused-ring (bicyclic) bond motifs is 3. The fourth-order valence-corrected chi connectivity index (χ4v) is 4.72. The number of rotatable bonds is 8. The number of carboxylic acid groups (broad SMARTS) is 1. The Morgan fingerprint density at radius 2 is 1.69 bits per heavy atom. The quantitative estimate of drug-likeness (QED) is 0.455. The second-order valence-corrected chi connectivity index (χ2v) is 8.86. The minimum Gasteiger partial charge on any atom is -0.481 e. The summed E-state index contributed by atoms with van der Waals surface area (Å²) in [7, 11) is 0. The molecule has 2 aromatic carbocycles. The van der Waals surface area contributed by atoms with Crippen LogP contribution < -0.4 is 10.6 Å². The monoisotopic (exact) mass is 474 g/mol. The molecule has 1 atom stereocenters. The smallest absolute Gasteiger partial charge is 0.407 e. The van der Waals surface area contributed by atoms with Gasteiger partial charge in [-0.2, -0.15) is 5.10 Å². The average Bonchev–Trinajstić information content (AvgIpc) is 3.38. The molecule has 9 heteroatoms. The largest absolute Gasteiger partial charge is 0.481 e. The lowest BCUT2D eigenvalue weighted by molar-refractivity contribution is -0.139. The molecule has 3 aromatic rings. The zero-order valence-corrected chi connectivity index (χ0v) is 19.0. The molecule has 1 fully saturated rings. The van der Waals surface area contributed by atoms with Crippen molar-refractivity contribution in [1.29, 1.82) is 0 Å². The van der Waals surface area contributed by atoms with E-state index in [2.05, 4.69) is 15.7 Å². The minimum absolute atomic E-state index is 0.0652. The van der Waals surface area contributed by atoms with E-state index in [9.17, 15) is 19.5 Å². The number of hydrogen-bond acceptors (Lipinski definition) is 5. The Morgan fingerprint density at radius 1 is 1.03 bits per heavy atom. The Kier molecular flexibility index (Phi) is 6.22. The fourth-order valence-electron chi connectivity index (χ4n) is 4.72. The van der Waals surface area contributed by atoms with Gasteiger partial charge in [0.1, 0.15) is 18.5 Å². The second kappa shape index (κ2) is 9.61. The first-order valence-electron chi connectivity index (χ1n) is 11.7. The van der Waals surface area contributed by atoms with Crippen LogP contribution in [0.2, 0.25) is 0 Å². The number of ether oxygens (including phenoxy) is 1. The number of carbonyl (C=O) groups is 3. The van der Waals surface area contributed by atoms with Gasteiger partial charge in [-0.15, -0.1) is 0 Å². The van der Waals surface area contributed by atoms with Gasteiger partial charge in [0, 0.05) is 12.0 Å². The number of aliphatic carboxylic acids is 1. The van der Waals surface area contributed by atoms with Crippen LogP contribution in [-0.2, 0) is 14.3 Å². The van der Waals surface area contributed by atoms with E-state index in [0.717, 1.165) is 41.5 Å². The summed E-state index contributed by atoms with van der Waals surface area (Å²) in [4.78, 5) is 36.9. The van der Waals surface area contributed by atoms with Gasteiger partial charge in [-0.3, -0.25) is 9.59 Å². The van der Waals surface area contributed by atoms with Crippen molar-refractivity contribution in [2.45, 2.75) is 43.7 Å². The Bertz CT molecular complexity index is 1220. The van der Waals surface area contributed by atoms with Gasteiger partial charge >= 0.3 is 12.1 Å². The number of carbonyl (C=O) groups excluding carboxylic acids is 2. The molecule has 9 nitrogen and oxygen atoms in total. The van der Waals surface area contributed by atoms with Gasteiger partial charge in [0.15, 0.2) is 0 Å². The number of hydrogen-bond donors (Lipinski definition) is 3. The van der Waals surface area contributed by atoms with Gasteiger partial charge in [0.2, 0.25) is 5.91 Å². The summed E-state index contributed by atoms with van der Waals surface area (Å²) < 4.78 is 7.21. The molecule has 180 valence electrons. The first-order chi connectivity index (χ1) is 17.0. The van der Waals surface area contributed by atoms with Gasteiger partial charge in [-0.1, -0.05) is 48.5 Å². The molecule has 0 aliphatic heterocycles. The van der Waals surface area contributed by atoms with Gasteiger partial charge < -0.3 is 20.5 Å². The molecule has 35 heavy (non-hydrogen) atoms. The third-order valence-electron chi connectivity index (χ3n) is 6.67. The molecule has 3 N–H and O–H groups in total. The highest BCUT2D eigenvalue weighted by molar-refractivity contribution is 5.98. The van der Waals surface area contributed by atoms with Crippen LogP contribution in [0.3, 0.4) is 0 Å². The summed E-state index contributed by atoms with van der Waals surface area (Å²) in [6.45, 7) is 0.0652. The van der Waals surface area contributed by atoms with Crippen LogP contribution in [0.1, 0.15) is 48.8 Å². The van der Waals surface area contributed by atoms with E-state index in [1.54, 1.807) is 16.9 Å². The standard InChI is InChI=1S/C26H26N4O5/c31-24(32)14-22(25(33)29-23-12-13-27-30(23)16-6-5-7-16)28-26(34)35-15-21-19-10-3-1-8-17(19)18-9-2-4-11-20(18)21/h1-4,8-13,16,21-22H,5-7,14-15H2,(H,28,34)(H,29,33)(H,31,32). The first-order valence-corrected chi connectivity index (χ1v) is 11.7. The van der Waals surface area contributed by atoms with Crippen molar-refractivity contribution in [2.75, 3.05) is 11.9 Å². The average molecular weight is 475 g/mol. The topological polar surface area (TPSA) is 123 Å². The third-order valence-corrected chi connectivity index (χ3v) is 6.67. The number of alkyl carbamates (subject to hydrolysis) is 1. The molecule has 0 bridgehead atoms. The van der Waals surface area contributed by atoms with Gasteiger partial charge in [0.05, 0.1) is 18.7 Å². The van der Waals surface area contributed by atoms with Crippen molar-refractivity contribution in [2.24, 2.45) is 0 Å². The van der Waals surface area contributed by atoms with Gasteiger partial charge in [-0.05, 0) is 41.5 Å². The molecule has 1 unspecified atom stereocenters. The third kappa shape index (κ3) is 4.62. The van der Waals surface area contributed by atoms with Crippen molar-refractivity contribution in [3.8, 4) is 11.1 Å². The van der Waals surface area contributed by atoms with Crippen LogP contribution in [0.4, 0.5) is 10.6 Å². The van der Waals surface area contributed by atoms with E-state index in [1.807, 2.05) is 48.5 Å². The van der Waals surface area contributed by atoms with Gasteiger partial charge in [0.25, 0.3) is 0 Å². The number of nitrogens with zero attached hydrogens (tertiary/aromatic N) is 2. The number of aromatic nitrogens is 2. The lowest BCUT2D eigenvalue weighted by Gasteiger charge is -2.27. The highest BCUT2D eigenvalue weighted by Gasteiger charge is 2.31. The molecule has 0 saturated heterocycles. The van der Waals surface area contributed by atoms with Crippen LogP contribution in [0.15, 0.2) is 60.8 Å². The van der Waals surface area contributed by atoms with E-state index >= 15 is 0 Å². The summed E-state index contributed by atoms with van der Waals surface area (Å²) in [5.74, 6) is -1.51. The van der Waals surface area contributed by atoms with Crippen LogP contribution in [-0.4, -0.2) is 45.5 Å². The first kappa shape index (κ1) is 22.6. The van der Waals surface area contributed by atoms with Crippen LogP contribution >= 0.6 is 0 Å². The Hall–Kier alpha value is -4.14. The molecule has 0 radical (unpaired) electrons. The van der Waals surface area contributed by atoms with E-state index in [1.165, 1.54) is 0 Å². The molecular weight excluding hydrogens is 448 g/mol. The molecule has 1 heterocycles. The van der Waals surface area contributed by atoms with E-state index < -0.39 is 30.4 Å². The maximum Gasteiger partial charge on any atom is 0.407 e. The molecule has 2 aliphatic carbocycles. The van der Waals surface area contributed by atoms with Crippen molar-refractivity contribution in [3.63, 3.8) is 0 Å². The molecule has 1 saturated carbocycles. The fraction of sp³-hybridized carbons (Fsp3) is 0.308. The highest BCUT2D eigenvalue weighted by Crippen LogP contribution is 2.44. The van der Waals surface area contributed by atoms with Crippen molar-refractivity contribution in [3.05, 3.63) is 71.9 Å². The van der Waals surface area contributed by atoms with Crippen molar-refractivity contribution >= 4 is 23.8 Å². The maximum atomic E-state index is 12.9. The lowest BCUT2D eigenvalue weighted by atomic mass is 9.93. The molecule has 0 spiro atoms. The van der Waals surface area contributed by atoms with Crippen LogP contribution in [0, 0.1) is 0 Å². The van der Waals surface area contributed by atoms with Crippen molar-refractivity contribution < 1.29 is 24.2 Å². The highest BCUT2D eigenvalue weighted by atomic mass is 16.5. The van der Waals surface area contributed by atoms with Crippen LogP contribution in [0.25, 0.3) is 11.1 Å². The summed E-state index contributed by atoms with van der Waals surface area (Å²) in [6, 6.07) is 16.5. The molecular formula is C26H26N4O5. The predicted molar refractivity (Wildman–Crippen MR) is 128 cm³/mol. The zero-order chi connectivity index (χ0) is 24.4. The van der Waals surface area contributed by atoms with Gasteiger partial charge in [-0.25, -0.2) is 9.48 Å². The number of benzene rings is 2. The van der Waals surface area contributed by atoms with Crippen molar-refractivity contribution in [1.82, 2.24) is 15.1 Å². The number of anilines is 1. The zero-order valence-electron chi connectivity index (χ0n) is 19.0. The summed E-state index contributed by atoms with van der Waals surface area (Å²) >= 11 is 0. The Labute approximate surface area is 202 Å². The Balaban J connectivity index is 1.24.